The molecule has 0 N–H and O–H groups in total. The third kappa shape index (κ3) is 1.67. The van der Waals surface area contributed by atoms with Gasteiger partial charge >= 0.3 is 0 Å². The molecule has 1 aliphatic heterocycles. The summed E-state index contributed by atoms with van der Waals surface area (Å²) in [5.41, 5.74) is 1.19. The molecule has 88 valence electrons. The van der Waals surface area contributed by atoms with Crippen LogP contribution in [0.15, 0.2) is 24.7 Å². The average Bonchev–Trinajstić information content (AvgIpc) is 2.97. The molecule has 1 fully saturated rings. The van der Waals surface area contributed by atoms with Crippen molar-refractivity contribution in [3.63, 3.8) is 0 Å². The number of amides is 1. The molecule has 1 amide bonds. The molecule has 1 aliphatic rings. The summed E-state index contributed by atoms with van der Waals surface area (Å²) in [6.07, 6.45) is 6.47. The lowest BCUT2D eigenvalue weighted by Gasteiger charge is -2.14. The van der Waals surface area contributed by atoms with E-state index < -0.39 is 0 Å². The molecule has 0 radical (unpaired) electrons. The van der Waals surface area contributed by atoms with Crippen molar-refractivity contribution in [1.29, 1.82) is 0 Å². The minimum atomic E-state index is 0.156. The van der Waals surface area contributed by atoms with Crippen molar-refractivity contribution in [2.75, 3.05) is 13.1 Å². The molecule has 1 atom stereocenters. The number of aromatic nitrogens is 3. The monoisotopic (exact) mass is 230 g/mol. The van der Waals surface area contributed by atoms with Crippen LogP contribution < -0.4 is 0 Å². The maximum absolute atomic E-state index is 11.3. The number of hydrogen-bond donors (Lipinski definition) is 0. The van der Waals surface area contributed by atoms with Gasteiger partial charge in [0.2, 0.25) is 11.7 Å². The molecule has 1 unspecified atom stereocenters. The van der Waals surface area contributed by atoms with E-state index in [1.165, 1.54) is 5.69 Å². The number of rotatable bonds is 1. The van der Waals surface area contributed by atoms with Crippen LogP contribution in [0.1, 0.15) is 25.0 Å². The van der Waals surface area contributed by atoms with E-state index in [4.69, 9.17) is 0 Å². The third-order valence-corrected chi connectivity index (χ3v) is 3.39. The Kier molecular flexibility index (Phi) is 2.31. The van der Waals surface area contributed by atoms with E-state index in [-0.39, 0.29) is 5.91 Å². The highest BCUT2D eigenvalue weighted by Gasteiger charge is 2.26. The van der Waals surface area contributed by atoms with Gasteiger partial charge in [-0.25, -0.2) is 9.97 Å². The van der Waals surface area contributed by atoms with Crippen LogP contribution in [0.4, 0.5) is 0 Å². The third-order valence-electron chi connectivity index (χ3n) is 3.39. The molecule has 0 bridgehead atoms. The van der Waals surface area contributed by atoms with Gasteiger partial charge in [-0.15, -0.1) is 0 Å². The van der Waals surface area contributed by atoms with Gasteiger partial charge in [0.1, 0.15) is 0 Å². The Morgan fingerprint density at radius 1 is 1.41 bits per heavy atom. The summed E-state index contributed by atoms with van der Waals surface area (Å²) in [5, 5.41) is 0. The maximum atomic E-state index is 11.3. The van der Waals surface area contributed by atoms with Crippen molar-refractivity contribution in [1.82, 2.24) is 19.3 Å². The molecule has 0 aliphatic carbocycles. The largest absolute Gasteiger partial charge is 0.342 e. The van der Waals surface area contributed by atoms with Crippen molar-refractivity contribution in [2.24, 2.45) is 0 Å². The van der Waals surface area contributed by atoms with E-state index in [1.54, 1.807) is 19.3 Å². The van der Waals surface area contributed by atoms with E-state index in [1.807, 2.05) is 21.6 Å². The number of hydrogen-bond acceptors (Lipinski definition) is 3. The Labute approximate surface area is 99.1 Å². The Hall–Kier alpha value is -1.91. The normalized spacial score (nSPS) is 20.1. The van der Waals surface area contributed by atoms with E-state index in [2.05, 4.69) is 9.97 Å². The van der Waals surface area contributed by atoms with Crippen LogP contribution in [0.2, 0.25) is 0 Å². The van der Waals surface area contributed by atoms with Crippen LogP contribution in [0.3, 0.4) is 0 Å². The standard InChI is InChI=1S/C12H14N4O/c1-9(17)15-6-3-10(8-15)11-2-4-13-12-14-5-7-16(11)12/h2,4-5,7,10H,3,6,8H2,1H3. The maximum Gasteiger partial charge on any atom is 0.233 e. The summed E-state index contributed by atoms with van der Waals surface area (Å²) >= 11 is 0. The summed E-state index contributed by atoms with van der Waals surface area (Å²) in [6.45, 7) is 3.27. The van der Waals surface area contributed by atoms with Crippen LogP contribution in [0, 0.1) is 0 Å². The molecule has 3 rings (SSSR count). The first-order chi connectivity index (χ1) is 8.25. The van der Waals surface area contributed by atoms with Crippen LogP contribution in [0.5, 0.6) is 0 Å². The second kappa shape index (κ2) is 3.84. The molecule has 2 aromatic rings. The van der Waals surface area contributed by atoms with Gasteiger partial charge in [0.05, 0.1) is 0 Å². The lowest BCUT2D eigenvalue weighted by atomic mass is 10.0. The first kappa shape index (κ1) is 10.3. The summed E-state index contributed by atoms with van der Waals surface area (Å²) in [5.74, 6) is 1.27. The topological polar surface area (TPSA) is 50.5 Å². The van der Waals surface area contributed by atoms with Crippen molar-refractivity contribution >= 4 is 11.7 Å². The summed E-state index contributed by atoms with van der Waals surface area (Å²) in [4.78, 5) is 21.6. The van der Waals surface area contributed by atoms with Crippen LogP contribution in [-0.2, 0) is 4.79 Å². The van der Waals surface area contributed by atoms with Crippen molar-refractivity contribution < 1.29 is 4.79 Å². The molecule has 3 heterocycles. The second-order valence-corrected chi connectivity index (χ2v) is 4.42. The van der Waals surface area contributed by atoms with Crippen molar-refractivity contribution in [3.8, 4) is 0 Å². The van der Waals surface area contributed by atoms with E-state index in [0.29, 0.717) is 5.92 Å². The van der Waals surface area contributed by atoms with E-state index in [0.717, 1.165) is 25.3 Å². The fraction of sp³-hybridized carbons (Fsp3) is 0.417. The smallest absolute Gasteiger partial charge is 0.233 e. The Morgan fingerprint density at radius 3 is 3.00 bits per heavy atom. The highest BCUT2D eigenvalue weighted by Crippen LogP contribution is 2.26. The Bertz CT molecular complexity index is 562. The van der Waals surface area contributed by atoms with Crippen molar-refractivity contribution in [2.45, 2.75) is 19.3 Å². The van der Waals surface area contributed by atoms with Gasteiger partial charge < -0.3 is 4.90 Å². The van der Waals surface area contributed by atoms with Gasteiger partial charge in [-0.2, -0.15) is 0 Å². The van der Waals surface area contributed by atoms with Crippen LogP contribution in [-0.4, -0.2) is 38.3 Å². The van der Waals surface area contributed by atoms with Gasteiger partial charge in [0.15, 0.2) is 0 Å². The molecular formula is C12H14N4O. The summed E-state index contributed by atoms with van der Waals surface area (Å²) in [7, 11) is 0. The molecule has 0 spiro atoms. The number of carbonyl (C=O) groups excluding carboxylic acids is 1. The first-order valence-corrected chi connectivity index (χ1v) is 5.79. The molecule has 1 saturated heterocycles. The zero-order valence-electron chi connectivity index (χ0n) is 9.71. The van der Waals surface area contributed by atoms with Crippen LogP contribution in [0.25, 0.3) is 5.78 Å². The fourth-order valence-corrected chi connectivity index (χ4v) is 2.47. The molecule has 2 aromatic heterocycles. The molecule has 0 saturated carbocycles. The average molecular weight is 230 g/mol. The summed E-state index contributed by atoms with van der Waals surface area (Å²) < 4.78 is 2.01. The molecule has 0 aromatic carbocycles. The lowest BCUT2D eigenvalue weighted by molar-refractivity contribution is -0.127. The quantitative estimate of drug-likeness (QED) is 0.736. The summed E-state index contributed by atoms with van der Waals surface area (Å²) in [6, 6.07) is 2.02. The van der Waals surface area contributed by atoms with Gasteiger partial charge in [-0.1, -0.05) is 0 Å². The van der Waals surface area contributed by atoms with Crippen LogP contribution >= 0.6 is 0 Å². The van der Waals surface area contributed by atoms with Gasteiger partial charge in [-0.3, -0.25) is 9.20 Å². The number of carbonyl (C=O) groups is 1. The van der Waals surface area contributed by atoms with E-state index >= 15 is 0 Å². The molecular weight excluding hydrogens is 216 g/mol. The first-order valence-electron chi connectivity index (χ1n) is 5.79. The highest BCUT2D eigenvalue weighted by atomic mass is 16.2. The van der Waals surface area contributed by atoms with Crippen molar-refractivity contribution in [3.05, 3.63) is 30.4 Å². The Morgan fingerprint density at radius 2 is 2.24 bits per heavy atom. The highest BCUT2D eigenvalue weighted by molar-refractivity contribution is 5.73. The predicted octanol–water partition coefficient (Wildman–Crippen LogP) is 1.07. The SMILES string of the molecule is CC(=O)N1CCC(c2ccnc3nccn23)C1. The number of nitrogens with zero attached hydrogens (tertiary/aromatic N) is 4. The number of likely N-dealkylation sites (tertiary alicyclic amines) is 1. The minimum absolute atomic E-state index is 0.156. The van der Waals surface area contributed by atoms with Gasteiger partial charge in [-0.05, 0) is 12.5 Å². The molecule has 5 heteroatoms. The Balaban J connectivity index is 1.95. The molecule has 17 heavy (non-hydrogen) atoms. The van der Waals surface area contributed by atoms with Gasteiger partial charge in [0, 0.05) is 50.2 Å². The van der Waals surface area contributed by atoms with E-state index in [9.17, 15) is 4.79 Å². The number of imidazole rings is 1. The zero-order chi connectivity index (χ0) is 11.8. The lowest BCUT2D eigenvalue weighted by Crippen LogP contribution is -2.25. The molecule has 5 nitrogen and oxygen atoms in total. The number of fused-ring (bicyclic) bond motifs is 1. The zero-order valence-corrected chi connectivity index (χ0v) is 9.71. The predicted molar refractivity (Wildman–Crippen MR) is 62.6 cm³/mol. The van der Waals surface area contributed by atoms with Gasteiger partial charge in [0.25, 0.3) is 0 Å². The second-order valence-electron chi connectivity index (χ2n) is 4.42. The fourth-order valence-electron chi connectivity index (χ4n) is 2.47. The minimum Gasteiger partial charge on any atom is -0.342 e.